The van der Waals surface area contributed by atoms with Crippen LogP contribution in [-0.2, 0) is 26.3 Å². The Morgan fingerprint density at radius 2 is 1.92 bits per heavy atom. The van der Waals surface area contributed by atoms with E-state index >= 15 is 0 Å². The highest BCUT2D eigenvalue weighted by atomic mass is 35.5. The SMILES string of the molecule is CC(C)(C)[Si](C)(C)OC(/C=C\[C@@H]1CC[C@H]1CS(N)(=O)=O)[C@@H]1CC[C@H]1CN1CC2(CCCc3cc(Cl)ccc32)COc2ccc(C(=O)O)cc21. The lowest BCUT2D eigenvalue weighted by molar-refractivity contribution is 0.0519. The standard InChI is InChI=1S/C38H53ClN2O6SSi/c1-37(2,3)49(4,5)47-34(16-11-25-8-9-29(25)22-48(40,44)45)31-14-10-28(31)21-41-23-38(18-6-7-26-19-30(39)13-15-32(26)38)24-46-35-17-12-27(36(42)43)20-33(35)41/h11-13,15-17,19-20,25,28-29,31,34H,6-10,14,18,21-24H2,1-5H3,(H,42,43)(H2,40,44,45)/b16-11-/t25-,28-,29-,31+,34?,38?/m0/s1. The van der Waals surface area contributed by atoms with Gasteiger partial charge in [0.25, 0.3) is 0 Å². The maximum absolute atomic E-state index is 12.1. The summed E-state index contributed by atoms with van der Waals surface area (Å²) < 4.78 is 37.5. The lowest BCUT2D eigenvalue weighted by Gasteiger charge is -2.48. The first kappa shape index (κ1) is 36.4. The Hall–Kier alpha value is -2.37. The van der Waals surface area contributed by atoms with Gasteiger partial charge in [0, 0.05) is 23.5 Å². The highest BCUT2D eigenvalue weighted by molar-refractivity contribution is 7.89. The number of halogens is 1. The zero-order valence-corrected chi connectivity index (χ0v) is 32.2. The Kier molecular flexibility index (Phi) is 10.1. The number of ether oxygens (including phenoxy) is 1. The van der Waals surface area contributed by atoms with Crippen LogP contribution in [0.25, 0.3) is 0 Å². The van der Waals surface area contributed by atoms with Crippen LogP contribution in [0.5, 0.6) is 5.75 Å². The molecule has 0 bridgehead atoms. The summed E-state index contributed by atoms with van der Waals surface area (Å²) in [7, 11) is -5.68. The summed E-state index contributed by atoms with van der Waals surface area (Å²) in [6.07, 6.45) is 11.3. The van der Waals surface area contributed by atoms with E-state index in [2.05, 4.69) is 63.0 Å². The van der Waals surface area contributed by atoms with Crippen molar-refractivity contribution in [3.63, 3.8) is 0 Å². The second-order valence-corrected chi connectivity index (χ2v) is 23.5. The number of hydrogen-bond donors (Lipinski definition) is 2. The van der Waals surface area contributed by atoms with E-state index in [1.54, 1.807) is 12.1 Å². The number of anilines is 1. The van der Waals surface area contributed by atoms with Crippen LogP contribution in [0, 0.1) is 23.7 Å². The Labute approximate surface area is 298 Å². The summed E-state index contributed by atoms with van der Waals surface area (Å²) in [5, 5.41) is 16.1. The fraction of sp³-hybridized carbons (Fsp3) is 0.605. The maximum Gasteiger partial charge on any atom is 0.335 e. The highest BCUT2D eigenvalue weighted by Crippen LogP contribution is 2.48. The average Bonchev–Trinajstić information content (AvgIpc) is 3.13. The van der Waals surface area contributed by atoms with Gasteiger partial charge in [-0.05, 0) is 128 Å². The molecule has 0 saturated heterocycles. The van der Waals surface area contributed by atoms with E-state index in [0.29, 0.717) is 12.5 Å². The van der Waals surface area contributed by atoms with Crippen molar-refractivity contribution in [1.29, 1.82) is 0 Å². The van der Waals surface area contributed by atoms with Crippen LogP contribution in [0.3, 0.4) is 0 Å². The molecule has 268 valence electrons. The molecular weight excluding hydrogens is 676 g/mol. The fourth-order valence-corrected chi connectivity index (χ4v) is 10.7. The summed E-state index contributed by atoms with van der Waals surface area (Å²) >= 11 is 6.45. The zero-order chi connectivity index (χ0) is 35.4. The third-order valence-corrected chi connectivity index (χ3v) is 17.9. The summed E-state index contributed by atoms with van der Waals surface area (Å²) in [5.74, 6) is 0.638. The Bertz CT molecular complexity index is 1710. The quantitative estimate of drug-likeness (QED) is 0.189. The van der Waals surface area contributed by atoms with E-state index in [4.69, 9.17) is 25.9 Å². The summed E-state index contributed by atoms with van der Waals surface area (Å²) in [6, 6.07) is 11.5. The van der Waals surface area contributed by atoms with Gasteiger partial charge in [-0.1, -0.05) is 50.6 Å². The number of nitrogens with zero attached hydrogens (tertiary/aromatic N) is 1. The Morgan fingerprint density at radius 3 is 2.55 bits per heavy atom. The number of primary sulfonamides is 1. The molecule has 0 amide bonds. The molecule has 1 spiro atoms. The van der Waals surface area contributed by atoms with Gasteiger partial charge in [0.15, 0.2) is 8.32 Å². The molecule has 11 heteroatoms. The molecule has 1 aliphatic heterocycles. The van der Waals surface area contributed by atoms with Crippen molar-refractivity contribution in [3.05, 3.63) is 70.3 Å². The minimum Gasteiger partial charge on any atom is -0.490 e. The maximum atomic E-state index is 12.1. The fourth-order valence-electron chi connectivity index (χ4n) is 8.18. The van der Waals surface area contributed by atoms with Gasteiger partial charge in [0.05, 0.1) is 29.7 Å². The molecular formula is C38H53ClN2O6SSi. The number of hydrogen-bond acceptors (Lipinski definition) is 6. The van der Waals surface area contributed by atoms with Gasteiger partial charge in [-0.2, -0.15) is 0 Å². The van der Waals surface area contributed by atoms with E-state index in [0.717, 1.165) is 74.5 Å². The van der Waals surface area contributed by atoms with Crippen LogP contribution in [0.15, 0.2) is 48.6 Å². The van der Waals surface area contributed by atoms with Crippen molar-refractivity contribution in [2.24, 2.45) is 28.8 Å². The van der Waals surface area contributed by atoms with Gasteiger partial charge < -0.3 is 19.2 Å². The van der Waals surface area contributed by atoms with Crippen molar-refractivity contribution < 1.29 is 27.5 Å². The summed E-state index contributed by atoms with van der Waals surface area (Å²) in [6.45, 7) is 13.4. The van der Waals surface area contributed by atoms with E-state index in [-0.39, 0.29) is 45.6 Å². The second-order valence-electron chi connectivity index (χ2n) is 16.7. The van der Waals surface area contributed by atoms with Gasteiger partial charge in [0.1, 0.15) is 5.75 Å². The lowest BCUT2D eigenvalue weighted by atomic mass is 9.68. The van der Waals surface area contributed by atoms with E-state index in [9.17, 15) is 18.3 Å². The van der Waals surface area contributed by atoms with Crippen LogP contribution >= 0.6 is 11.6 Å². The second kappa shape index (κ2) is 13.6. The monoisotopic (exact) mass is 728 g/mol. The molecule has 1 heterocycles. The number of allylic oxidation sites excluding steroid dienone is 1. The van der Waals surface area contributed by atoms with Gasteiger partial charge >= 0.3 is 5.97 Å². The number of aromatic carboxylic acids is 1. The number of carboxylic acids is 1. The largest absolute Gasteiger partial charge is 0.490 e. The molecule has 2 aromatic carbocycles. The van der Waals surface area contributed by atoms with Crippen LogP contribution in [0.1, 0.15) is 80.8 Å². The normalized spacial score (nSPS) is 27.8. The Morgan fingerprint density at radius 1 is 1.16 bits per heavy atom. The number of carbonyl (C=O) groups is 1. The van der Waals surface area contributed by atoms with Gasteiger partial charge in [-0.25, -0.2) is 18.4 Å². The van der Waals surface area contributed by atoms with Crippen LogP contribution < -0.4 is 14.8 Å². The smallest absolute Gasteiger partial charge is 0.335 e. The molecule has 3 N–H and O–H groups in total. The average molecular weight is 729 g/mol. The topological polar surface area (TPSA) is 119 Å². The van der Waals surface area contributed by atoms with Crippen molar-refractivity contribution in [2.75, 3.05) is 30.3 Å². The molecule has 6 rings (SSSR count). The summed E-state index contributed by atoms with van der Waals surface area (Å²) in [5.41, 5.74) is 3.38. The molecule has 8 nitrogen and oxygen atoms in total. The molecule has 2 aromatic rings. The first-order valence-corrected chi connectivity index (χ1v) is 22.9. The molecule has 2 fully saturated rings. The molecule has 4 aliphatic rings. The van der Waals surface area contributed by atoms with Crippen LogP contribution in [0.4, 0.5) is 5.69 Å². The zero-order valence-electron chi connectivity index (χ0n) is 29.6. The van der Waals surface area contributed by atoms with E-state index < -0.39 is 24.3 Å². The van der Waals surface area contributed by atoms with Crippen molar-refractivity contribution in [1.82, 2.24) is 0 Å². The predicted octanol–water partition coefficient (Wildman–Crippen LogP) is 7.80. The third-order valence-electron chi connectivity index (χ3n) is 12.3. The molecule has 0 aromatic heterocycles. The summed E-state index contributed by atoms with van der Waals surface area (Å²) in [4.78, 5) is 14.5. The number of rotatable bonds is 10. The minimum absolute atomic E-state index is 0.0215. The van der Waals surface area contributed by atoms with Crippen molar-refractivity contribution >= 4 is 41.6 Å². The van der Waals surface area contributed by atoms with Gasteiger partial charge in [-0.15, -0.1) is 0 Å². The van der Waals surface area contributed by atoms with Gasteiger partial charge in [0.2, 0.25) is 10.0 Å². The number of benzene rings is 2. The van der Waals surface area contributed by atoms with Gasteiger partial charge in [-0.3, -0.25) is 0 Å². The van der Waals surface area contributed by atoms with E-state index in [1.807, 2.05) is 12.1 Å². The first-order valence-electron chi connectivity index (χ1n) is 17.9. The number of aryl methyl sites for hydroxylation is 1. The molecule has 0 radical (unpaired) electrons. The first-order chi connectivity index (χ1) is 22.9. The number of carboxylic acid groups (broad SMARTS) is 1. The number of nitrogens with two attached hydrogens (primary N) is 1. The van der Waals surface area contributed by atoms with E-state index in [1.165, 1.54) is 11.1 Å². The molecule has 6 atom stereocenters. The molecule has 3 aliphatic carbocycles. The lowest BCUT2D eigenvalue weighted by Crippen LogP contribution is -2.52. The Balaban J connectivity index is 1.31. The molecule has 2 unspecified atom stereocenters. The van der Waals surface area contributed by atoms with Crippen LogP contribution in [-0.4, -0.2) is 59.4 Å². The van der Waals surface area contributed by atoms with Crippen molar-refractivity contribution in [3.8, 4) is 5.75 Å². The minimum atomic E-state index is -3.52. The number of sulfonamides is 1. The molecule has 49 heavy (non-hydrogen) atoms. The third kappa shape index (κ3) is 7.78. The van der Waals surface area contributed by atoms with Crippen LogP contribution in [0.2, 0.25) is 23.2 Å². The predicted molar refractivity (Wildman–Crippen MR) is 199 cm³/mol. The van der Waals surface area contributed by atoms with Crippen molar-refractivity contribution in [2.45, 2.75) is 95.4 Å². The number of fused-ring (bicyclic) bond motifs is 3. The highest BCUT2D eigenvalue weighted by Gasteiger charge is 2.47. The molecule has 2 saturated carbocycles.